The average molecular weight is 257 g/mol. The van der Waals surface area contributed by atoms with E-state index in [9.17, 15) is 4.79 Å². The molecule has 2 rings (SSSR count). The Morgan fingerprint density at radius 2 is 2.05 bits per heavy atom. The number of rotatable bonds is 4. The van der Waals surface area contributed by atoms with Gasteiger partial charge in [-0.25, -0.2) is 4.79 Å². The summed E-state index contributed by atoms with van der Waals surface area (Å²) in [4.78, 5) is 15.8. The molecular formula is C14H15N3O2. The molecule has 98 valence electrons. The molecule has 1 heterocycles. The van der Waals surface area contributed by atoms with Gasteiger partial charge in [0.25, 0.3) is 0 Å². The van der Waals surface area contributed by atoms with Crippen molar-refractivity contribution in [3.05, 3.63) is 54.4 Å². The Bertz CT molecular complexity index is 558. The van der Waals surface area contributed by atoms with Crippen LogP contribution in [0.4, 0.5) is 11.4 Å². The number of pyridine rings is 1. The van der Waals surface area contributed by atoms with Crippen LogP contribution in [-0.2, 0) is 9.53 Å². The highest BCUT2D eigenvalue weighted by Crippen LogP contribution is 2.24. The summed E-state index contributed by atoms with van der Waals surface area (Å²) in [5.74, 6) is -0.373. The SMILES string of the molecule is COC(=O)C(Nc1ccncc1N)c1ccccc1. The molecule has 0 aliphatic carbocycles. The lowest BCUT2D eigenvalue weighted by Crippen LogP contribution is -2.22. The minimum Gasteiger partial charge on any atom is -0.467 e. The normalized spacial score (nSPS) is 11.6. The number of carbonyl (C=O) groups is 1. The molecule has 1 aromatic heterocycles. The van der Waals surface area contributed by atoms with Gasteiger partial charge in [0, 0.05) is 6.20 Å². The van der Waals surface area contributed by atoms with E-state index in [0.717, 1.165) is 5.56 Å². The Labute approximate surface area is 111 Å². The predicted molar refractivity (Wildman–Crippen MR) is 73.5 cm³/mol. The number of aromatic nitrogens is 1. The van der Waals surface area contributed by atoms with E-state index in [1.807, 2.05) is 30.3 Å². The van der Waals surface area contributed by atoms with Crippen LogP contribution >= 0.6 is 0 Å². The largest absolute Gasteiger partial charge is 0.467 e. The second-order valence-corrected chi connectivity index (χ2v) is 3.97. The fourth-order valence-corrected chi connectivity index (χ4v) is 1.74. The number of carbonyl (C=O) groups excluding carboxylic acids is 1. The van der Waals surface area contributed by atoms with Gasteiger partial charge in [0.2, 0.25) is 0 Å². The molecule has 19 heavy (non-hydrogen) atoms. The molecule has 0 fully saturated rings. The van der Waals surface area contributed by atoms with Crippen LogP contribution in [0.1, 0.15) is 11.6 Å². The molecule has 0 saturated carbocycles. The van der Waals surface area contributed by atoms with E-state index in [-0.39, 0.29) is 5.97 Å². The number of hydrogen-bond acceptors (Lipinski definition) is 5. The zero-order valence-electron chi connectivity index (χ0n) is 10.5. The molecule has 0 spiro atoms. The molecule has 2 aromatic rings. The Kier molecular flexibility index (Phi) is 3.97. The first kappa shape index (κ1) is 12.9. The molecule has 0 aliphatic rings. The predicted octanol–water partition coefficient (Wildman–Crippen LogP) is 1.99. The van der Waals surface area contributed by atoms with Gasteiger partial charge in [-0.05, 0) is 11.6 Å². The Hall–Kier alpha value is -2.56. The number of ether oxygens (including phenoxy) is 1. The average Bonchev–Trinajstić information content (AvgIpc) is 2.46. The summed E-state index contributed by atoms with van der Waals surface area (Å²) in [6.07, 6.45) is 3.14. The quantitative estimate of drug-likeness (QED) is 0.819. The minimum absolute atomic E-state index is 0.373. The fraction of sp³-hybridized carbons (Fsp3) is 0.143. The molecule has 1 unspecified atom stereocenters. The molecule has 3 N–H and O–H groups in total. The first-order valence-corrected chi connectivity index (χ1v) is 5.81. The van der Waals surface area contributed by atoms with Gasteiger partial charge in [-0.1, -0.05) is 30.3 Å². The highest BCUT2D eigenvalue weighted by molar-refractivity contribution is 5.82. The molecule has 1 aromatic carbocycles. The molecule has 0 saturated heterocycles. The zero-order valence-corrected chi connectivity index (χ0v) is 10.5. The van der Waals surface area contributed by atoms with Crippen molar-refractivity contribution in [1.82, 2.24) is 4.98 Å². The maximum atomic E-state index is 11.9. The first-order chi connectivity index (χ1) is 9.22. The van der Waals surface area contributed by atoms with Crippen LogP contribution in [0.3, 0.4) is 0 Å². The van der Waals surface area contributed by atoms with E-state index in [4.69, 9.17) is 10.5 Å². The van der Waals surface area contributed by atoms with E-state index < -0.39 is 6.04 Å². The number of nitrogens with one attached hydrogen (secondary N) is 1. The number of benzene rings is 1. The Balaban J connectivity index is 2.30. The number of anilines is 2. The van der Waals surface area contributed by atoms with Crippen molar-refractivity contribution in [2.24, 2.45) is 0 Å². The smallest absolute Gasteiger partial charge is 0.332 e. The number of nitrogen functional groups attached to an aromatic ring is 1. The van der Waals surface area contributed by atoms with Crippen molar-refractivity contribution in [2.75, 3.05) is 18.2 Å². The molecule has 5 heteroatoms. The fourth-order valence-electron chi connectivity index (χ4n) is 1.74. The number of hydrogen-bond donors (Lipinski definition) is 2. The number of methoxy groups -OCH3 is 1. The van der Waals surface area contributed by atoms with Crippen LogP contribution in [0.5, 0.6) is 0 Å². The monoisotopic (exact) mass is 257 g/mol. The third-order valence-electron chi connectivity index (χ3n) is 2.72. The van der Waals surface area contributed by atoms with Crippen molar-refractivity contribution in [3.8, 4) is 0 Å². The van der Waals surface area contributed by atoms with Crippen LogP contribution < -0.4 is 11.1 Å². The maximum Gasteiger partial charge on any atom is 0.332 e. The van der Waals surface area contributed by atoms with Gasteiger partial charge in [-0.3, -0.25) is 4.98 Å². The van der Waals surface area contributed by atoms with E-state index in [0.29, 0.717) is 11.4 Å². The Morgan fingerprint density at radius 3 is 2.68 bits per heavy atom. The van der Waals surface area contributed by atoms with Crippen LogP contribution in [0.25, 0.3) is 0 Å². The second-order valence-electron chi connectivity index (χ2n) is 3.97. The summed E-state index contributed by atoms with van der Waals surface area (Å²) < 4.78 is 4.82. The molecular weight excluding hydrogens is 242 g/mol. The number of nitrogens with zero attached hydrogens (tertiary/aromatic N) is 1. The maximum absolute atomic E-state index is 11.9. The Morgan fingerprint density at radius 1 is 1.32 bits per heavy atom. The van der Waals surface area contributed by atoms with Gasteiger partial charge in [0.15, 0.2) is 6.04 Å². The third-order valence-corrected chi connectivity index (χ3v) is 2.72. The van der Waals surface area contributed by atoms with Crippen molar-refractivity contribution in [2.45, 2.75) is 6.04 Å². The summed E-state index contributed by atoms with van der Waals surface area (Å²) in [6, 6.07) is 10.4. The van der Waals surface area contributed by atoms with Gasteiger partial charge in [0.1, 0.15) is 0 Å². The van der Waals surface area contributed by atoms with E-state index in [1.54, 1.807) is 12.3 Å². The molecule has 1 atom stereocenters. The van der Waals surface area contributed by atoms with Gasteiger partial charge in [-0.15, -0.1) is 0 Å². The summed E-state index contributed by atoms with van der Waals surface area (Å²) in [6.45, 7) is 0. The topological polar surface area (TPSA) is 77.2 Å². The van der Waals surface area contributed by atoms with Gasteiger partial charge >= 0.3 is 5.97 Å². The summed E-state index contributed by atoms with van der Waals surface area (Å²) in [7, 11) is 1.36. The molecule has 5 nitrogen and oxygen atoms in total. The van der Waals surface area contributed by atoms with E-state index >= 15 is 0 Å². The number of nitrogens with two attached hydrogens (primary N) is 1. The van der Waals surface area contributed by atoms with Crippen LogP contribution in [0.15, 0.2) is 48.8 Å². The molecule has 0 radical (unpaired) electrons. The van der Waals surface area contributed by atoms with E-state index in [2.05, 4.69) is 10.3 Å². The first-order valence-electron chi connectivity index (χ1n) is 5.81. The highest BCUT2D eigenvalue weighted by Gasteiger charge is 2.21. The lowest BCUT2D eigenvalue weighted by molar-refractivity contribution is -0.141. The molecule has 0 aliphatic heterocycles. The van der Waals surface area contributed by atoms with Gasteiger partial charge in [-0.2, -0.15) is 0 Å². The van der Waals surface area contributed by atoms with Crippen LogP contribution in [0, 0.1) is 0 Å². The summed E-state index contributed by atoms with van der Waals surface area (Å²) in [5.41, 5.74) is 7.75. The number of esters is 1. The van der Waals surface area contributed by atoms with Crippen molar-refractivity contribution < 1.29 is 9.53 Å². The molecule has 0 bridgehead atoms. The van der Waals surface area contributed by atoms with Crippen molar-refractivity contribution in [3.63, 3.8) is 0 Å². The van der Waals surface area contributed by atoms with E-state index in [1.165, 1.54) is 13.3 Å². The second kappa shape index (κ2) is 5.86. The van der Waals surface area contributed by atoms with Crippen LogP contribution in [0.2, 0.25) is 0 Å². The third kappa shape index (κ3) is 3.01. The van der Waals surface area contributed by atoms with Gasteiger partial charge < -0.3 is 15.8 Å². The van der Waals surface area contributed by atoms with Crippen LogP contribution in [-0.4, -0.2) is 18.1 Å². The lowest BCUT2D eigenvalue weighted by Gasteiger charge is -2.18. The zero-order chi connectivity index (χ0) is 13.7. The lowest BCUT2D eigenvalue weighted by atomic mass is 10.1. The highest BCUT2D eigenvalue weighted by atomic mass is 16.5. The standard InChI is InChI=1S/C14H15N3O2/c1-19-14(18)13(10-5-3-2-4-6-10)17-12-7-8-16-9-11(12)15/h2-9,13H,15H2,1H3,(H,16,17). The summed E-state index contributed by atoms with van der Waals surface area (Å²) >= 11 is 0. The van der Waals surface area contributed by atoms with Crippen molar-refractivity contribution >= 4 is 17.3 Å². The van der Waals surface area contributed by atoms with Crippen molar-refractivity contribution in [1.29, 1.82) is 0 Å². The summed E-state index contributed by atoms with van der Waals surface area (Å²) in [5, 5.41) is 3.07. The van der Waals surface area contributed by atoms with Gasteiger partial charge in [0.05, 0.1) is 24.7 Å². The molecule has 0 amide bonds. The minimum atomic E-state index is -0.601.